The molecule has 0 atom stereocenters. The summed E-state index contributed by atoms with van der Waals surface area (Å²) < 4.78 is 0.987. The van der Waals surface area contributed by atoms with Gasteiger partial charge in [-0.1, -0.05) is 0 Å². The minimum Gasteiger partial charge on any atom is -0.350 e. The lowest BCUT2D eigenvalue weighted by atomic mass is 9.49. The molecular weight excluding hydrogens is 248 g/mol. The monoisotopic (exact) mass is 279 g/mol. The second-order valence-corrected chi connectivity index (χ2v) is 8.43. The third kappa shape index (κ3) is 2.61. The van der Waals surface area contributed by atoms with Crippen molar-refractivity contribution in [2.24, 2.45) is 23.2 Å². The number of carbonyl (C=O) groups excluding carboxylic acids is 1. The molecule has 114 valence electrons. The molecule has 0 aromatic heterocycles. The van der Waals surface area contributed by atoms with E-state index in [2.05, 4.69) is 26.3 Å². The Morgan fingerprint density at radius 1 is 1.10 bits per heavy atom. The number of rotatable bonds is 5. The first-order valence-electron chi connectivity index (χ1n) is 8.53. The van der Waals surface area contributed by atoms with Gasteiger partial charge in [0.25, 0.3) is 0 Å². The van der Waals surface area contributed by atoms with Crippen LogP contribution in [0.1, 0.15) is 45.4 Å². The minimum atomic E-state index is 0.0259. The van der Waals surface area contributed by atoms with Crippen molar-refractivity contribution < 1.29 is 9.28 Å². The van der Waals surface area contributed by atoms with Crippen LogP contribution in [0, 0.1) is 23.2 Å². The molecule has 0 saturated heterocycles. The van der Waals surface area contributed by atoms with Gasteiger partial charge in [0.1, 0.15) is 0 Å². The van der Waals surface area contributed by atoms with Gasteiger partial charge in [-0.15, -0.1) is 0 Å². The van der Waals surface area contributed by atoms with E-state index < -0.39 is 0 Å². The van der Waals surface area contributed by atoms with Crippen molar-refractivity contribution in [3.05, 3.63) is 0 Å². The maximum absolute atomic E-state index is 12.8. The molecule has 0 heterocycles. The summed E-state index contributed by atoms with van der Waals surface area (Å²) in [5, 5.41) is 3.28. The van der Waals surface area contributed by atoms with Crippen LogP contribution in [-0.2, 0) is 4.79 Å². The standard InChI is InChI=1S/C17H30N2O/c1-4-19(2,3)6-5-18-16(20)17-10-13-7-14(11-17)9-15(8-13)12-17/h13-15H,4-12H2,1-3H3/p+1. The molecule has 20 heavy (non-hydrogen) atoms. The van der Waals surface area contributed by atoms with Crippen LogP contribution in [0.3, 0.4) is 0 Å². The zero-order chi connectivity index (χ0) is 14.4. The Bertz CT molecular complexity index is 353. The molecule has 4 saturated carbocycles. The molecule has 4 fully saturated rings. The van der Waals surface area contributed by atoms with Crippen LogP contribution >= 0.6 is 0 Å². The predicted octanol–water partition coefficient (Wildman–Crippen LogP) is 2.42. The molecule has 1 amide bonds. The van der Waals surface area contributed by atoms with Crippen molar-refractivity contribution in [3.63, 3.8) is 0 Å². The van der Waals surface area contributed by atoms with E-state index in [9.17, 15) is 4.79 Å². The van der Waals surface area contributed by atoms with Gasteiger partial charge in [0.05, 0.1) is 33.7 Å². The van der Waals surface area contributed by atoms with Crippen LogP contribution in [-0.4, -0.2) is 44.1 Å². The predicted molar refractivity (Wildman–Crippen MR) is 81.1 cm³/mol. The van der Waals surface area contributed by atoms with Crippen molar-refractivity contribution in [1.82, 2.24) is 5.32 Å². The quantitative estimate of drug-likeness (QED) is 0.769. The van der Waals surface area contributed by atoms with Crippen LogP contribution in [0.4, 0.5) is 0 Å². The van der Waals surface area contributed by atoms with Crippen LogP contribution in [0.2, 0.25) is 0 Å². The third-order valence-corrected chi connectivity index (χ3v) is 6.38. The third-order valence-electron chi connectivity index (χ3n) is 6.38. The van der Waals surface area contributed by atoms with E-state index in [0.717, 1.165) is 41.9 Å². The lowest BCUT2D eigenvalue weighted by molar-refractivity contribution is -0.887. The molecule has 0 unspecified atom stereocenters. The van der Waals surface area contributed by atoms with Crippen LogP contribution in [0.15, 0.2) is 0 Å². The smallest absolute Gasteiger partial charge is 0.226 e. The number of amides is 1. The average molecular weight is 279 g/mol. The highest BCUT2D eigenvalue weighted by molar-refractivity contribution is 5.83. The lowest BCUT2D eigenvalue weighted by Gasteiger charge is -2.55. The summed E-state index contributed by atoms with van der Waals surface area (Å²) in [6.07, 6.45) is 7.76. The second kappa shape index (κ2) is 5.01. The second-order valence-electron chi connectivity index (χ2n) is 8.43. The number of hydrogen-bond donors (Lipinski definition) is 1. The van der Waals surface area contributed by atoms with Gasteiger partial charge in [-0.25, -0.2) is 0 Å². The van der Waals surface area contributed by atoms with Crippen LogP contribution < -0.4 is 5.32 Å². The fourth-order valence-electron chi connectivity index (χ4n) is 5.21. The topological polar surface area (TPSA) is 29.1 Å². The number of hydrogen-bond acceptors (Lipinski definition) is 1. The van der Waals surface area contributed by atoms with Gasteiger partial charge in [-0.3, -0.25) is 4.79 Å². The summed E-state index contributed by atoms with van der Waals surface area (Å²) in [5.41, 5.74) is 0.0259. The van der Waals surface area contributed by atoms with Crippen molar-refractivity contribution in [1.29, 1.82) is 0 Å². The Morgan fingerprint density at radius 3 is 2.05 bits per heavy atom. The molecular formula is C17H31N2O+. The fraction of sp³-hybridized carbons (Fsp3) is 0.941. The van der Waals surface area contributed by atoms with Crippen molar-refractivity contribution in [2.45, 2.75) is 45.4 Å². The highest BCUT2D eigenvalue weighted by Gasteiger charge is 2.54. The largest absolute Gasteiger partial charge is 0.350 e. The summed E-state index contributed by atoms with van der Waals surface area (Å²) in [4.78, 5) is 12.8. The first-order valence-corrected chi connectivity index (χ1v) is 8.53. The van der Waals surface area contributed by atoms with Crippen molar-refractivity contribution in [2.75, 3.05) is 33.7 Å². The van der Waals surface area contributed by atoms with Crippen molar-refractivity contribution >= 4 is 5.91 Å². The Morgan fingerprint density at radius 2 is 1.60 bits per heavy atom. The lowest BCUT2D eigenvalue weighted by Crippen LogP contribution is -2.55. The van der Waals surface area contributed by atoms with Gasteiger partial charge in [0, 0.05) is 5.41 Å². The molecule has 3 nitrogen and oxygen atoms in total. The molecule has 0 aromatic rings. The Kier molecular flexibility index (Phi) is 3.60. The van der Waals surface area contributed by atoms with Gasteiger partial charge in [-0.05, 0) is 63.2 Å². The average Bonchev–Trinajstić information content (AvgIpc) is 2.37. The number of quaternary nitrogens is 1. The summed E-state index contributed by atoms with van der Waals surface area (Å²) in [5.74, 6) is 2.95. The molecule has 3 heteroatoms. The van der Waals surface area contributed by atoms with E-state index in [1.165, 1.54) is 38.5 Å². The highest BCUT2D eigenvalue weighted by Crippen LogP contribution is 2.60. The van der Waals surface area contributed by atoms with Crippen molar-refractivity contribution in [3.8, 4) is 0 Å². The first-order chi connectivity index (χ1) is 9.42. The Hall–Kier alpha value is -0.570. The summed E-state index contributed by atoms with van der Waals surface area (Å²) in [7, 11) is 4.47. The van der Waals surface area contributed by atoms with E-state index in [1.807, 2.05) is 0 Å². The molecule has 1 N–H and O–H groups in total. The molecule has 4 aliphatic carbocycles. The number of nitrogens with one attached hydrogen (secondary N) is 1. The van der Waals surface area contributed by atoms with Gasteiger partial charge in [0.15, 0.2) is 0 Å². The number of nitrogens with zero attached hydrogens (tertiary/aromatic N) is 1. The SMILES string of the molecule is CC[N+](C)(C)CCNC(=O)C12CC3CC(CC(C3)C1)C2. The molecule has 0 aliphatic heterocycles. The highest BCUT2D eigenvalue weighted by atomic mass is 16.2. The molecule has 0 radical (unpaired) electrons. The summed E-state index contributed by atoms with van der Waals surface area (Å²) in [6, 6.07) is 0. The van der Waals surface area contributed by atoms with E-state index in [0.29, 0.717) is 5.91 Å². The molecule has 0 spiro atoms. The summed E-state index contributed by atoms with van der Waals surface area (Å²) >= 11 is 0. The summed E-state index contributed by atoms with van der Waals surface area (Å²) in [6.45, 7) is 5.20. The maximum Gasteiger partial charge on any atom is 0.226 e. The van der Waals surface area contributed by atoms with Gasteiger partial charge >= 0.3 is 0 Å². The normalized spacial score (nSPS) is 39.0. The molecule has 4 aliphatic rings. The zero-order valence-corrected chi connectivity index (χ0v) is 13.5. The van der Waals surface area contributed by atoms with E-state index in [4.69, 9.17) is 0 Å². The zero-order valence-electron chi connectivity index (χ0n) is 13.5. The van der Waals surface area contributed by atoms with E-state index in [1.54, 1.807) is 0 Å². The van der Waals surface area contributed by atoms with E-state index >= 15 is 0 Å². The Labute approximate surface area is 123 Å². The number of carbonyl (C=O) groups is 1. The Balaban J connectivity index is 1.57. The van der Waals surface area contributed by atoms with E-state index in [-0.39, 0.29) is 5.41 Å². The number of likely N-dealkylation sites (N-methyl/N-ethyl adjacent to an activating group) is 1. The van der Waals surface area contributed by atoms with Crippen LogP contribution in [0.25, 0.3) is 0 Å². The molecule has 0 aromatic carbocycles. The fourth-order valence-corrected chi connectivity index (χ4v) is 5.21. The first kappa shape index (κ1) is 14.4. The minimum absolute atomic E-state index is 0.0259. The van der Waals surface area contributed by atoms with Gasteiger partial charge in [-0.2, -0.15) is 0 Å². The molecule has 4 rings (SSSR count). The molecule has 4 bridgehead atoms. The van der Waals surface area contributed by atoms with Gasteiger partial charge in [0.2, 0.25) is 5.91 Å². The maximum atomic E-state index is 12.8. The van der Waals surface area contributed by atoms with Crippen LogP contribution in [0.5, 0.6) is 0 Å². The van der Waals surface area contributed by atoms with Gasteiger partial charge < -0.3 is 9.80 Å².